The van der Waals surface area contributed by atoms with Crippen molar-refractivity contribution in [2.24, 2.45) is 5.92 Å². The summed E-state index contributed by atoms with van der Waals surface area (Å²) in [6.45, 7) is 10.0. The van der Waals surface area contributed by atoms with Gasteiger partial charge in [0, 0.05) is 24.7 Å². The van der Waals surface area contributed by atoms with Crippen LogP contribution in [0.1, 0.15) is 36.5 Å². The first-order valence-electron chi connectivity index (χ1n) is 12.8. The van der Waals surface area contributed by atoms with Crippen LogP contribution in [-0.4, -0.2) is 42.6 Å². The van der Waals surface area contributed by atoms with Gasteiger partial charge in [-0.2, -0.15) is 0 Å². The molecule has 5 heteroatoms. The van der Waals surface area contributed by atoms with Crippen LogP contribution in [0.2, 0.25) is 0 Å². The third-order valence-electron chi connectivity index (χ3n) is 6.45. The van der Waals surface area contributed by atoms with E-state index in [1.807, 2.05) is 6.07 Å². The summed E-state index contributed by atoms with van der Waals surface area (Å²) in [5, 5.41) is 18.7. The number of rotatable bonds is 13. The summed E-state index contributed by atoms with van der Waals surface area (Å²) in [4.78, 5) is 11.7. The molecule has 37 heavy (non-hydrogen) atoms. The third-order valence-corrected chi connectivity index (χ3v) is 6.45. The Hall–Kier alpha value is -3.41. The Morgan fingerprint density at radius 3 is 2.22 bits per heavy atom. The maximum Gasteiger partial charge on any atom is 0.333 e. The average molecular weight is 503 g/mol. The van der Waals surface area contributed by atoms with Crippen LogP contribution in [0.4, 0.5) is 0 Å². The topological polar surface area (TPSA) is 76.0 Å². The van der Waals surface area contributed by atoms with E-state index in [0.717, 1.165) is 22.4 Å². The molecule has 0 amide bonds. The molecule has 0 heterocycles. The number of esters is 1. The van der Waals surface area contributed by atoms with E-state index in [0.29, 0.717) is 38.0 Å². The molecule has 0 aromatic heterocycles. The number of aliphatic hydroxyl groups is 2. The lowest BCUT2D eigenvalue weighted by Crippen LogP contribution is -2.15. The molecule has 2 N–H and O–H groups in total. The Kier molecular flexibility index (Phi) is 10.5. The molecule has 0 fully saturated rings. The lowest BCUT2D eigenvalue weighted by molar-refractivity contribution is -0.139. The summed E-state index contributed by atoms with van der Waals surface area (Å²) in [5.74, 6) is 0.186. The molecule has 0 saturated heterocycles. The molecule has 0 unspecified atom stereocenters. The van der Waals surface area contributed by atoms with Crippen molar-refractivity contribution < 1.29 is 24.5 Å². The first-order valence-corrected chi connectivity index (χ1v) is 12.8. The van der Waals surface area contributed by atoms with Crippen LogP contribution < -0.4 is 4.74 Å². The molecule has 0 radical (unpaired) electrons. The minimum Gasteiger partial charge on any atom is -0.493 e. The maximum atomic E-state index is 11.7. The Balaban J connectivity index is 1.81. The highest BCUT2D eigenvalue weighted by Crippen LogP contribution is 2.32. The number of aliphatic hydroxyl groups excluding tert-OH is 2. The summed E-state index contributed by atoms with van der Waals surface area (Å²) < 4.78 is 11.3. The van der Waals surface area contributed by atoms with Crippen LogP contribution in [0.5, 0.6) is 5.75 Å². The first kappa shape index (κ1) is 28.2. The molecule has 3 aromatic rings. The maximum absolute atomic E-state index is 11.7. The van der Waals surface area contributed by atoms with Crippen LogP contribution in [0, 0.1) is 19.8 Å². The second-order valence-electron chi connectivity index (χ2n) is 9.61. The molecule has 0 atom stereocenters. The molecule has 0 spiro atoms. The van der Waals surface area contributed by atoms with E-state index in [9.17, 15) is 15.0 Å². The molecular weight excluding hydrogens is 464 g/mol. The second-order valence-corrected chi connectivity index (χ2v) is 9.61. The zero-order valence-electron chi connectivity index (χ0n) is 22.1. The van der Waals surface area contributed by atoms with Gasteiger partial charge in [-0.1, -0.05) is 60.7 Å². The average Bonchev–Trinajstić information content (AvgIpc) is 2.90. The zero-order chi connectivity index (χ0) is 26.8. The molecule has 3 aromatic carbocycles. The Morgan fingerprint density at radius 1 is 0.892 bits per heavy atom. The lowest BCUT2D eigenvalue weighted by Gasteiger charge is -2.17. The minimum absolute atomic E-state index is 0.0718. The monoisotopic (exact) mass is 502 g/mol. The Bertz CT molecular complexity index is 1190. The zero-order valence-corrected chi connectivity index (χ0v) is 22.1. The minimum atomic E-state index is -0.381. The smallest absolute Gasteiger partial charge is 0.333 e. The Labute approximate surface area is 220 Å². The van der Waals surface area contributed by atoms with E-state index in [-0.39, 0.29) is 25.1 Å². The van der Waals surface area contributed by atoms with Gasteiger partial charge in [-0.25, -0.2) is 4.79 Å². The van der Waals surface area contributed by atoms with E-state index in [1.165, 1.54) is 22.3 Å². The Morgan fingerprint density at radius 2 is 1.57 bits per heavy atom. The SMILES string of the molecule is C=C(C)C(=O)OCCCc1cc(-c2ccc(-c3ccc(C)cc3)cc2C)ccc1OCCC(CO)CO. The van der Waals surface area contributed by atoms with Gasteiger partial charge in [-0.15, -0.1) is 0 Å². The number of carbonyl (C=O) groups excluding carboxylic acids is 1. The van der Waals surface area contributed by atoms with Gasteiger partial charge in [0.25, 0.3) is 0 Å². The van der Waals surface area contributed by atoms with Crippen molar-refractivity contribution in [2.45, 2.75) is 40.0 Å². The van der Waals surface area contributed by atoms with Gasteiger partial charge < -0.3 is 19.7 Å². The standard InChI is InChI=1S/C32H38O5/c1-22(2)32(35)37-16-5-6-29-19-28(12-14-31(29)36-17-15-25(20-33)21-34)30-13-11-27(18-24(30)4)26-9-7-23(3)8-10-26/h7-14,18-19,25,33-34H,1,5-6,15-17,20-21H2,2-4H3. The third kappa shape index (κ3) is 8.04. The molecular formula is C32H38O5. The molecule has 3 rings (SSSR count). The van der Waals surface area contributed by atoms with Gasteiger partial charge in [-0.3, -0.25) is 0 Å². The molecule has 0 aliphatic carbocycles. The number of hydrogen-bond donors (Lipinski definition) is 2. The van der Waals surface area contributed by atoms with Gasteiger partial charge in [0.05, 0.1) is 13.2 Å². The van der Waals surface area contributed by atoms with Crippen molar-refractivity contribution in [3.05, 3.63) is 89.5 Å². The molecule has 0 saturated carbocycles. The van der Waals surface area contributed by atoms with Gasteiger partial charge in [0.15, 0.2) is 0 Å². The largest absolute Gasteiger partial charge is 0.493 e. The van der Waals surface area contributed by atoms with Crippen molar-refractivity contribution in [2.75, 3.05) is 26.4 Å². The normalized spacial score (nSPS) is 11.0. The van der Waals surface area contributed by atoms with Gasteiger partial charge in [0.2, 0.25) is 0 Å². The van der Waals surface area contributed by atoms with Gasteiger partial charge in [-0.05, 0) is 85.5 Å². The van der Waals surface area contributed by atoms with Crippen LogP contribution in [0.15, 0.2) is 72.8 Å². The van der Waals surface area contributed by atoms with Crippen LogP contribution >= 0.6 is 0 Å². The van der Waals surface area contributed by atoms with Crippen molar-refractivity contribution in [3.63, 3.8) is 0 Å². The summed E-state index contributed by atoms with van der Waals surface area (Å²) in [5.41, 5.74) is 8.46. The van der Waals surface area contributed by atoms with Crippen molar-refractivity contribution in [1.29, 1.82) is 0 Å². The summed E-state index contributed by atoms with van der Waals surface area (Å²) in [6, 6.07) is 21.2. The number of hydrogen-bond acceptors (Lipinski definition) is 5. The van der Waals surface area contributed by atoms with E-state index in [4.69, 9.17) is 9.47 Å². The highest BCUT2D eigenvalue weighted by molar-refractivity contribution is 5.86. The fraction of sp³-hybridized carbons (Fsp3) is 0.344. The summed E-state index contributed by atoms with van der Waals surface area (Å²) in [6.07, 6.45) is 1.89. The van der Waals surface area contributed by atoms with Crippen molar-refractivity contribution in [3.8, 4) is 28.0 Å². The quantitative estimate of drug-likeness (QED) is 0.169. The molecule has 5 nitrogen and oxygen atoms in total. The highest BCUT2D eigenvalue weighted by Gasteiger charge is 2.12. The predicted octanol–water partition coefficient (Wildman–Crippen LogP) is 6.06. The van der Waals surface area contributed by atoms with E-state index in [2.05, 4.69) is 75.0 Å². The van der Waals surface area contributed by atoms with E-state index < -0.39 is 0 Å². The summed E-state index contributed by atoms with van der Waals surface area (Å²) >= 11 is 0. The highest BCUT2D eigenvalue weighted by atomic mass is 16.5. The molecule has 0 aliphatic rings. The van der Waals surface area contributed by atoms with Crippen molar-refractivity contribution in [1.82, 2.24) is 0 Å². The lowest BCUT2D eigenvalue weighted by atomic mass is 9.93. The van der Waals surface area contributed by atoms with Crippen LogP contribution in [-0.2, 0) is 16.0 Å². The predicted molar refractivity (Wildman–Crippen MR) is 149 cm³/mol. The second kappa shape index (κ2) is 13.8. The molecule has 0 bridgehead atoms. The first-order chi connectivity index (χ1) is 17.8. The van der Waals surface area contributed by atoms with Crippen molar-refractivity contribution >= 4 is 5.97 Å². The van der Waals surface area contributed by atoms with E-state index in [1.54, 1.807) is 6.92 Å². The molecule has 0 aliphatic heterocycles. The number of ether oxygens (including phenoxy) is 2. The fourth-order valence-corrected chi connectivity index (χ4v) is 4.12. The number of carbonyl (C=O) groups is 1. The summed E-state index contributed by atoms with van der Waals surface area (Å²) in [7, 11) is 0. The van der Waals surface area contributed by atoms with E-state index >= 15 is 0 Å². The van der Waals surface area contributed by atoms with Crippen LogP contribution in [0.3, 0.4) is 0 Å². The fourth-order valence-electron chi connectivity index (χ4n) is 4.12. The van der Waals surface area contributed by atoms with Gasteiger partial charge >= 0.3 is 5.97 Å². The van der Waals surface area contributed by atoms with Gasteiger partial charge in [0.1, 0.15) is 5.75 Å². The number of aryl methyl sites for hydroxylation is 3. The van der Waals surface area contributed by atoms with Crippen LogP contribution in [0.25, 0.3) is 22.3 Å². The number of benzene rings is 3. The molecule has 196 valence electrons.